The van der Waals surface area contributed by atoms with Gasteiger partial charge in [-0.2, -0.15) is 0 Å². The molecular formula is C20H18N2O5. The van der Waals surface area contributed by atoms with E-state index in [1.807, 2.05) is 19.9 Å². The number of anilines is 1. The van der Waals surface area contributed by atoms with Gasteiger partial charge in [-0.1, -0.05) is 18.2 Å². The average molecular weight is 366 g/mol. The lowest BCUT2D eigenvalue weighted by Gasteiger charge is -2.27. The van der Waals surface area contributed by atoms with E-state index in [0.29, 0.717) is 5.69 Å². The van der Waals surface area contributed by atoms with Gasteiger partial charge in [-0.05, 0) is 49.2 Å². The fourth-order valence-electron chi connectivity index (χ4n) is 2.95. The van der Waals surface area contributed by atoms with Crippen LogP contribution in [-0.4, -0.2) is 30.1 Å². The van der Waals surface area contributed by atoms with E-state index in [2.05, 4.69) is 5.32 Å². The van der Waals surface area contributed by atoms with Gasteiger partial charge in [-0.15, -0.1) is 0 Å². The second-order valence-electron chi connectivity index (χ2n) is 6.20. The number of aromatic hydroxyl groups is 1. The average Bonchev–Trinajstić information content (AvgIpc) is 2.59. The number of hydrogen-bond acceptors (Lipinski definition) is 5. The molecule has 0 aliphatic carbocycles. The maximum atomic E-state index is 12.9. The number of barbiturate groups is 1. The van der Waals surface area contributed by atoms with E-state index in [1.165, 1.54) is 19.3 Å². The van der Waals surface area contributed by atoms with Crippen molar-refractivity contribution >= 4 is 29.6 Å². The van der Waals surface area contributed by atoms with Crippen molar-refractivity contribution in [1.82, 2.24) is 5.32 Å². The van der Waals surface area contributed by atoms with Crippen molar-refractivity contribution in [3.63, 3.8) is 0 Å². The number of rotatable bonds is 3. The highest BCUT2D eigenvalue weighted by molar-refractivity contribution is 6.39. The Labute approximate surface area is 155 Å². The number of aryl methyl sites for hydroxylation is 2. The summed E-state index contributed by atoms with van der Waals surface area (Å²) in [4.78, 5) is 38.3. The maximum Gasteiger partial charge on any atom is 0.335 e. The highest BCUT2D eigenvalue weighted by atomic mass is 16.5. The van der Waals surface area contributed by atoms with Crippen molar-refractivity contribution in [2.75, 3.05) is 12.0 Å². The summed E-state index contributed by atoms with van der Waals surface area (Å²) in [6.45, 7) is 3.69. The number of amides is 4. The lowest BCUT2D eigenvalue weighted by atomic mass is 10.0. The van der Waals surface area contributed by atoms with Crippen molar-refractivity contribution < 1.29 is 24.2 Å². The number of hydrogen-bond donors (Lipinski definition) is 2. The summed E-state index contributed by atoms with van der Waals surface area (Å²) in [6, 6.07) is 9.15. The van der Waals surface area contributed by atoms with Crippen LogP contribution < -0.4 is 15.0 Å². The number of phenolic OH excluding ortho intramolecular Hbond substituents is 1. The highest BCUT2D eigenvalue weighted by Gasteiger charge is 2.37. The molecule has 7 nitrogen and oxygen atoms in total. The number of carbonyl (C=O) groups is 3. The quantitative estimate of drug-likeness (QED) is 0.643. The lowest BCUT2D eigenvalue weighted by Crippen LogP contribution is -2.54. The SMILES string of the molecule is COc1cccc(C=C2C(=O)NC(=O)N(c3cc(C)cc(C)c3)C2=O)c1O. The van der Waals surface area contributed by atoms with Crippen LogP contribution in [0.3, 0.4) is 0 Å². The predicted octanol–water partition coefficient (Wildman–Crippen LogP) is 2.68. The third-order valence-electron chi connectivity index (χ3n) is 4.12. The lowest BCUT2D eigenvalue weighted by molar-refractivity contribution is -0.122. The molecule has 3 rings (SSSR count). The number of ether oxygens (including phenoxy) is 1. The molecule has 1 aliphatic rings. The van der Waals surface area contributed by atoms with Gasteiger partial charge < -0.3 is 9.84 Å². The Morgan fingerprint density at radius 2 is 1.74 bits per heavy atom. The van der Waals surface area contributed by atoms with Crippen LogP contribution in [0.25, 0.3) is 6.08 Å². The Morgan fingerprint density at radius 1 is 1.07 bits per heavy atom. The van der Waals surface area contributed by atoms with E-state index in [9.17, 15) is 19.5 Å². The van der Waals surface area contributed by atoms with Gasteiger partial charge in [0, 0.05) is 5.56 Å². The van der Waals surface area contributed by atoms with E-state index in [-0.39, 0.29) is 22.6 Å². The number of nitrogens with one attached hydrogen (secondary N) is 1. The normalized spacial score (nSPS) is 15.9. The summed E-state index contributed by atoms with van der Waals surface area (Å²) in [7, 11) is 1.39. The molecule has 0 radical (unpaired) electrons. The van der Waals surface area contributed by atoms with Crippen LogP contribution in [-0.2, 0) is 9.59 Å². The molecule has 2 aromatic rings. The molecule has 27 heavy (non-hydrogen) atoms. The zero-order valence-electron chi connectivity index (χ0n) is 15.1. The number of carbonyl (C=O) groups excluding carboxylic acids is 3. The molecule has 7 heteroatoms. The summed E-state index contributed by atoms with van der Waals surface area (Å²) in [5.74, 6) is -1.60. The van der Waals surface area contributed by atoms with Gasteiger partial charge >= 0.3 is 6.03 Å². The molecule has 0 saturated carbocycles. The Balaban J connectivity index is 2.08. The largest absolute Gasteiger partial charge is 0.504 e. The maximum absolute atomic E-state index is 12.9. The summed E-state index contributed by atoms with van der Waals surface area (Å²) in [5.41, 5.74) is 2.07. The van der Waals surface area contributed by atoms with Gasteiger partial charge in [0.05, 0.1) is 12.8 Å². The van der Waals surface area contributed by atoms with Crippen molar-refractivity contribution in [3.05, 3.63) is 58.7 Å². The van der Waals surface area contributed by atoms with Crippen LogP contribution in [0.5, 0.6) is 11.5 Å². The first-order valence-electron chi connectivity index (χ1n) is 8.17. The first-order valence-corrected chi connectivity index (χ1v) is 8.17. The third kappa shape index (κ3) is 3.39. The van der Waals surface area contributed by atoms with E-state index in [1.54, 1.807) is 24.3 Å². The summed E-state index contributed by atoms with van der Waals surface area (Å²) < 4.78 is 5.03. The van der Waals surface area contributed by atoms with Crippen LogP contribution in [0.15, 0.2) is 42.0 Å². The Kier molecular flexibility index (Phi) is 4.68. The van der Waals surface area contributed by atoms with Crippen LogP contribution in [0, 0.1) is 13.8 Å². The van der Waals surface area contributed by atoms with Gasteiger partial charge in [0.1, 0.15) is 5.57 Å². The molecule has 2 aromatic carbocycles. The summed E-state index contributed by atoms with van der Waals surface area (Å²) in [5, 5.41) is 12.4. The van der Waals surface area contributed by atoms with Gasteiger partial charge in [-0.3, -0.25) is 14.9 Å². The van der Waals surface area contributed by atoms with Crippen molar-refractivity contribution in [2.24, 2.45) is 0 Å². The van der Waals surface area contributed by atoms with Gasteiger partial charge in [0.2, 0.25) is 0 Å². The van der Waals surface area contributed by atoms with Crippen molar-refractivity contribution in [2.45, 2.75) is 13.8 Å². The zero-order valence-corrected chi connectivity index (χ0v) is 15.1. The number of nitrogens with zero attached hydrogens (tertiary/aromatic N) is 1. The molecule has 1 fully saturated rings. The molecule has 0 bridgehead atoms. The number of imide groups is 2. The molecule has 0 atom stereocenters. The van der Waals surface area contributed by atoms with E-state index >= 15 is 0 Å². The minimum absolute atomic E-state index is 0.204. The van der Waals surface area contributed by atoms with Crippen LogP contribution in [0.2, 0.25) is 0 Å². The molecule has 138 valence electrons. The first kappa shape index (κ1) is 18.2. The van der Waals surface area contributed by atoms with Crippen LogP contribution in [0.1, 0.15) is 16.7 Å². The molecule has 1 saturated heterocycles. The molecule has 0 aromatic heterocycles. The minimum Gasteiger partial charge on any atom is -0.504 e. The van der Waals surface area contributed by atoms with Gasteiger partial charge in [0.15, 0.2) is 11.5 Å². The third-order valence-corrected chi connectivity index (χ3v) is 4.12. The number of urea groups is 1. The second-order valence-corrected chi connectivity index (χ2v) is 6.20. The number of phenols is 1. The summed E-state index contributed by atoms with van der Waals surface area (Å²) in [6.07, 6.45) is 1.23. The van der Waals surface area contributed by atoms with Gasteiger partial charge in [0.25, 0.3) is 11.8 Å². The van der Waals surface area contributed by atoms with Crippen LogP contribution >= 0.6 is 0 Å². The number of para-hydroxylation sites is 1. The zero-order chi connectivity index (χ0) is 19.7. The van der Waals surface area contributed by atoms with E-state index < -0.39 is 17.8 Å². The molecule has 0 spiro atoms. The van der Waals surface area contributed by atoms with Crippen molar-refractivity contribution in [1.29, 1.82) is 0 Å². The molecule has 1 heterocycles. The Morgan fingerprint density at radius 3 is 2.37 bits per heavy atom. The smallest absolute Gasteiger partial charge is 0.335 e. The number of methoxy groups -OCH3 is 1. The molecule has 0 unspecified atom stereocenters. The summed E-state index contributed by atoms with van der Waals surface area (Å²) >= 11 is 0. The van der Waals surface area contributed by atoms with Gasteiger partial charge in [-0.25, -0.2) is 9.69 Å². The minimum atomic E-state index is -0.826. The van der Waals surface area contributed by atoms with E-state index in [4.69, 9.17) is 4.74 Å². The standard InChI is InChI=1S/C20H18N2O5/c1-11-7-12(2)9-14(8-11)22-19(25)15(18(24)21-20(22)26)10-13-5-4-6-16(27-3)17(13)23/h4-10,23H,1-3H3,(H,21,24,26). The predicted molar refractivity (Wildman–Crippen MR) is 99.6 cm³/mol. The first-order chi connectivity index (χ1) is 12.8. The monoisotopic (exact) mass is 366 g/mol. The fourth-order valence-corrected chi connectivity index (χ4v) is 2.95. The molecule has 4 amide bonds. The molecule has 2 N–H and O–H groups in total. The second kappa shape index (κ2) is 6.95. The Hall–Kier alpha value is -3.61. The highest BCUT2D eigenvalue weighted by Crippen LogP contribution is 2.32. The molecule has 1 aliphatic heterocycles. The molecular weight excluding hydrogens is 348 g/mol. The topological polar surface area (TPSA) is 95.9 Å². The Bertz CT molecular complexity index is 974. The fraction of sp³-hybridized carbons (Fsp3) is 0.150. The number of benzene rings is 2. The van der Waals surface area contributed by atoms with Crippen molar-refractivity contribution in [3.8, 4) is 11.5 Å². The van der Waals surface area contributed by atoms with E-state index in [0.717, 1.165) is 16.0 Å². The van der Waals surface area contributed by atoms with Crippen LogP contribution in [0.4, 0.5) is 10.5 Å².